The first-order valence-electron chi connectivity index (χ1n) is 7.45. The van der Waals surface area contributed by atoms with Crippen molar-refractivity contribution in [3.8, 4) is 0 Å². The molecular formula is C18H13ClN4OS. The van der Waals surface area contributed by atoms with Gasteiger partial charge in [0.1, 0.15) is 5.52 Å². The number of rotatable bonds is 3. The third-order valence-electron chi connectivity index (χ3n) is 3.59. The van der Waals surface area contributed by atoms with Gasteiger partial charge in [-0.15, -0.1) is 11.3 Å². The number of halogens is 1. The summed E-state index contributed by atoms with van der Waals surface area (Å²) in [5.41, 5.74) is 7.90. The standard InChI is InChI=1S/C18H13ClN4OS/c1-10(16-15(19)11-6-2-5-9-14(11)25-16)21-17(20)23-18-22-12-7-3-4-8-13(12)24-18/h2-9H,1H2,(H3,20,21,22,23). The molecule has 0 bridgehead atoms. The van der Waals surface area contributed by atoms with E-state index >= 15 is 0 Å². The van der Waals surface area contributed by atoms with Crippen LogP contribution in [-0.2, 0) is 0 Å². The maximum Gasteiger partial charge on any atom is 0.325 e. The lowest BCUT2D eigenvalue weighted by molar-refractivity contribution is 0.613. The molecule has 5 nitrogen and oxygen atoms in total. The van der Waals surface area contributed by atoms with Crippen LogP contribution in [0.5, 0.6) is 0 Å². The first-order chi connectivity index (χ1) is 12.1. The fourth-order valence-corrected chi connectivity index (χ4v) is 3.93. The summed E-state index contributed by atoms with van der Waals surface area (Å²) in [7, 11) is 0. The van der Waals surface area contributed by atoms with Crippen LogP contribution >= 0.6 is 22.9 Å². The van der Waals surface area contributed by atoms with Gasteiger partial charge < -0.3 is 15.5 Å². The van der Waals surface area contributed by atoms with Crippen LogP contribution in [0.4, 0.5) is 6.01 Å². The second-order valence-corrected chi connectivity index (χ2v) is 6.74. The minimum atomic E-state index is 0.130. The van der Waals surface area contributed by atoms with Crippen molar-refractivity contribution in [2.24, 2.45) is 10.7 Å². The van der Waals surface area contributed by atoms with Gasteiger partial charge in [0.25, 0.3) is 0 Å². The number of aliphatic imine (C=N–C) groups is 1. The van der Waals surface area contributed by atoms with Crippen molar-refractivity contribution < 1.29 is 4.42 Å². The van der Waals surface area contributed by atoms with E-state index < -0.39 is 0 Å². The summed E-state index contributed by atoms with van der Waals surface area (Å²) in [5, 5.41) is 4.58. The third kappa shape index (κ3) is 2.97. The molecular weight excluding hydrogens is 356 g/mol. The van der Waals surface area contributed by atoms with E-state index in [9.17, 15) is 0 Å². The second-order valence-electron chi connectivity index (χ2n) is 5.31. The number of hydrogen-bond acceptors (Lipinski definition) is 4. The van der Waals surface area contributed by atoms with Gasteiger partial charge in [0.2, 0.25) is 5.96 Å². The van der Waals surface area contributed by atoms with Gasteiger partial charge in [-0.2, -0.15) is 9.98 Å². The van der Waals surface area contributed by atoms with E-state index in [1.54, 1.807) is 11.3 Å². The summed E-state index contributed by atoms with van der Waals surface area (Å²) in [6.07, 6.45) is 0. The van der Waals surface area contributed by atoms with Crippen molar-refractivity contribution in [1.29, 1.82) is 0 Å². The number of nitrogens with zero attached hydrogens (tertiary/aromatic N) is 2. The lowest BCUT2D eigenvalue weighted by atomic mass is 10.2. The zero-order valence-electron chi connectivity index (χ0n) is 13.0. The van der Waals surface area contributed by atoms with Gasteiger partial charge in [-0.1, -0.05) is 48.5 Å². The Hall–Kier alpha value is -2.83. The molecule has 0 saturated carbocycles. The van der Waals surface area contributed by atoms with E-state index in [-0.39, 0.29) is 12.0 Å². The fraction of sp³-hybridized carbons (Fsp3) is 0. The first-order valence-corrected chi connectivity index (χ1v) is 8.64. The Kier molecular flexibility index (Phi) is 3.91. The van der Waals surface area contributed by atoms with E-state index in [0.717, 1.165) is 20.5 Å². The van der Waals surface area contributed by atoms with E-state index in [4.69, 9.17) is 21.8 Å². The minimum Gasteiger partial charge on any atom is -0.422 e. The van der Waals surface area contributed by atoms with Crippen LogP contribution in [0.1, 0.15) is 4.88 Å². The van der Waals surface area contributed by atoms with Crippen LogP contribution in [0.2, 0.25) is 5.02 Å². The fourth-order valence-electron chi connectivity index (χ4n) is 2.46. The lowest BCUT2D eigenvalue weighted by Gasteiger charge is -2.06. The summed E-state index contributed by atoms with van der Waals surface area (Å²) in [6.45, 7) is 4.01. The predicted molar refractivity (Wildman–Crippen MR) is 104 cm³/mol. The Balaban J connectivity index is 1.59. The van der Waals surface area contributed by atoms with Gasteiger partial charge >= 0.3 is 6.01 Å². The summed E-state index contributed by atoms with van der Waals surface area (Å²) < 4.78 is 6.61. The third-order valence-corrected chi connectivity index (χ3v) is 5.32. The van der Waals surface area contributed by atoms with Gasteiger partial charge in [-0.25, -0.2) is 0 Å². The average molecular weight is 369 g/mol. The molecule has 0 aliphatic heterocycles. The monoisotopic (exact) mass is 368 g/mol. The van der Waals surface area contributed by atoms with Crippen LogP contribution in [0.15, 0.2) is 64.5 Å². The number of benzene rings is 2. The Bertz CT molecular complexity index is 1100. The molecule has 4 aromatic rings. The van der Waals surface area contributed by atoms with Crippen molar-refractivity contribution >= 4 is 61.8 Å². The zero-order valence-corrected chi connectivity index (χ0v) is 14.6. The molecule has 0 atom stereocenters. The van der Waals surface area contributed by atoms with Crippen LogP contribution < -0.4 is 11.1 Å². The number of aromatic nitrogens is 1. The maximum absolute atomic E-state index is 6.45. The normalized spacial score (nSPS) is 12.0. The van der Waals surface area contributed by atoms with Crippen molar-refractivity contribution in [3.05, 3.63) is 65.0 Å². The first kappa shape index (κ1) is 15.7. The molecule has 0 fully saturated rings. The molecule has 0 spiro atoms. The maximum atomic E-state index is 6.45. The number of nitrogens with one attached hydrogen (secondary N) is 1. The van der Waals surface area contributed by atoms with Gasteiger partial charge in [0, 0.05) is 10.1 Å². The SMILES string of the molecule is C=C(NC(N)=Nc1nc2ccccc2o1)c1sc2ccccc2c1Cl. The molecule has 4 rings (SSSR count). The van der Waals surface area contributed by atoms with Gasteiger partial charge in [0.15, 0.2) is 5.58 Å². The number of hydrogen-bond donors (Lipinski definition) is 2. The highest BCUT2D eigenvalue weighted by Crippen LogP contribution is 2.37. The van der Waals surface area contributed by atoms with Crippen molar-refractivity contribution in [2.45, 2.75) is 0 Å². The molecule has 0 aliphatic rings. The number of oxazole rings is 1. The number of guanidine groups is 1. The van der Waals surface area contributed by atoms with Crippen molar-refractivity contribution in [2.75, 3.05) is 0 Å². The number of thiophene rings is 1. The van der Waals surface area contributed by atoms with E-state index in [2.05, 4.69) is 21.9 Å². The number of para-hydroxylation sites is 2. The van der Waals surface area contributed by atoms with Crippen LogP contribution in [0, 0.1) is 0 Å². The summed E-state index contributed by atoms with van der Waals surface area (Å²) in [5.74, 6) is 0.130. The largest absolute Gasteiger partial charge is 0.422 e. The molecule has 25 heavy (non-hydrogen) atoms. The van der Waals surface area contributed by atoms with Gasteiger partial charge in [0.05, 0.1) is 15.6 Å². The van der Waals surface area contributed by atoms with Crippen LogP contribution in [0.3, 0.4) is 0 Å². The van der Waals surface area contributed by atoms with Gasteiger partial charge in [-0.05, 0) is 18.2 Å². The Labute approximate surface area is 152 Å². The molecule has 0 unspecified atom stereocenters. The molecule has 0 amide bonds. The highest BCUT2D eigenvalue weighted by molar-refractivity contribution is 7.20. The predicted octanol–water partition coefficient (Wildman–Crippen LogP) is 4.90. The lowest BCUT2D eigenvalue weighted by Crippen LogP contribution is -2.29. The highest BCUT2D eigenvalue weighted by atomic mass is 35.5. The van der Waals surface area contributed by atoms with Gasteiger partial charge in [-0.3, -0.25) is 0 Å². The second kappa shape index (κ2) is 6.23. The van der Waals surface area contributed by atoms with Crippen molar-refractivity contribution in [1.82, 2.24) is 10.3 Å². The molecule has 0 radical (unpaired) electrons. The summed E-state index contributed by atoms with van der Waals surface area (Å²) in [6, 6.07) is 15.5. The highest BCUT2D eigenvalue weighted by Gasteiger charge is 2.13. The molecule has 2 aromatic heterocycles. The molecule has 0 aliphatic carbocycles. The number of fused-ring (bicyclic) bond motifs is 2. The smallest absolute Gasteiger partial charge is 0.325 e. The van der Waals surface area contributed by atoms with Crippen molar-refractivity contribution in [3.63, 3.8) is 0 Å². The molecule has 2 aromatic carbocycles. The number of nitrogens with two attached hydrogens (primary N) is 1. The zero-order chi connectivity index (χ0) is 17.4. The Morgan fingerprint density at radius 2 is 1.96 bits per heavy atom. The minimum absolute atomic E-state index is 0.130. The molecule has 2 heterocycles. The molecule has 3 N–H and O–H groups in total. The average Bonchev–Trinajstić information content (AvgIpc) is 3.15. The Morgan fingerprint density at radius 3 is 2.76 bits per heavy atom. The van der Waals surface area contributed by atoms with Crippen LogP contribution in [0.25, 0.3) is 26.9 Å². The van der Waals surface area contributed by atoms with E-state index in [1.165, 1.54) is 0 Å². The Morgan fingerprint density at radius 1 is 1.20 bits per heavy atom. The molecule has 7 heteroatoms. The molecule has 0 saturated heterocycles. The quantitative estimate of drug-likeness (QED) is 0.398. The van der Waals surface area contributed by atoms with E-state index in [0.29, 0.717) is 16.3 Å². The van der Waals surface area contributed by atoms with Crippen LogP contribution in [-0.4, -0.2) is 10.9 Å². The topological polar surface area (TPSA) is 76.4 Å². The van der Waals surface area contributed by atoms with E-state index in [1.807, 2.05) is 48.5 Å². The summed E-state index contributed by atoms with van der Waals surface area (Å²) >= 11 is 7.99. The summed E-state index contributed by atoms with van der Waals surface area (Å²) in [4.78, 5) is 9.23. The molecule has 124 valence electrons.